The van der Waals surface area contributed by atoms with Crippen LogP contribution in [-0.2, 0) is 4.79 Å². The summed E-state index contributed by atoms with van der Waals surface area (Å²) in [7, 11) is 0. The maximum atomic E-state index is 12.9. The van der Waals surface area contributed by atoms with Crippen LogP contribution in [0.25, 0.3) is 10.8 Å². The zero-order valence-electron chi connectivity index (χ0n) is 13.1. The van der Waals surface area contributed by atoms with Crippen molar-refractivity contribution in [3.8, 4) is 0 Å². The summed E-state index contributed by atoms with van der Waals surface area (Å²) in [6, 6.07) is 8.87. The van der Waals surface area contributed by atoms with Crippen molar-refractivity contribution in [1.29, 1.82) is 0 Å². The first-order valence-corrected chi connectivity index (χ1v) is 8.13. The molecular formula is C17H14N4O4. The Hall–Kier alpha value is -3.00. The van der Waals surface area contributed by atoms with E-state index in [-0.39, 0.29) is 29.7 Å². The molecule has 3 fully saturated rings. The zero-order chi connectivity index (χ0) is 17.3. The van der Waals surface area contributed by atoms with Crippen LogP contribution in [0.1, 0.15) is 6.42 Å². The Labute approximate surface area is 142 Å². The van der Waals surface area contributed by atoms with Gasteiger partial charge in [0.05, 0.1) is 16.0 Å². The predicted octanol–water partition coefficient (Wildman–Crippen LogP) is 1.63. The number of nitro groups is 1. The molecule has 3 aliphatic rings. The number of amides is 3. The lowest BCUT2D eigenvalue weighted by molar-refractivity contribution is -0.383. The summed E-state index contributed by atoms with van der Waals surface area (Å²) in [4.78, 5) is 39.5. The van der Waals surface area contributed by atoms with E-state index in [1.54, 1.807) is 29.2 Å². The molecule has 3 saturated heterocycles. The molecule has 25 heavy (non-hydrogen) atoms. The van der Waals surface area contributed by atoms with Crippen molar-refractivity contribution in [2.24, 2.45) is 0 Å². The van der Waals surface area contributed by atoms with Crippen molar-refractivity contribution in [1.82, 2.24) is 10.2 Å². The Morgan fingerprint density at radius 3 is 2.60 bits per heavy atom. The molecule has 2 aromatic rings. The van der Waals surface area contributed by atoms with Gasteiger partial charge in [-0.25, -0.2) is 9.69 Å². The van der Waals surface area contributed by atoms with Crippen molar-refractivity contribution in [2.75, 3.05) is 11.4 Å². The normalized spacial score (nSPS) is 27.4. The second kappa shape index (κ2) is 4.76. The number of fused-ring (bicyclic) bond motifs is 6. The van der Waals surface area contributed by atoms with Gasteiger partial charge in [-0.1, -0.05) is 18.2 Å². The lowest BCUT2D eigenvalue weighted by atomic mass is 10.1. The van der Waals surface area contributed by atoms with Gasteiger partial charge in [-0.3, -0.25) is 14.9 Å². The van der Waals surface area contributed by atoms with Gasteiger partial charge in [0.2, 0.25) is 0 Å². The third-order valence-electron chi connectivity index (χ3n) is 5.42. The number of hydrogen-bond donors (Lipinski definition) is 1. The molecule has 5 rings (SSSR count). The number of nitro benzene ring substituents is 1. The lowest BCUT2D eigenvalue weighted by Crippen LogP contribution is -2.51. The standard InChI is InChI=1S/C17H14N4O4/c22-16-15-12-7-9(8-18-12)19(15)17(23)20(16)13-5-6-14(21(24)25)11-4-2-1-3-10(11)13/h1-6,9,12,15,18H,7-8H2/t9-,12-,15?/m0/s1. The molecule has 3 amide bonds. The van der Waals surface area contributed by atoms with E-state index in [4.69, 9.17) is 0 Å². The summed E-state index contributed by atoms with van der Waals surface area (Å²) in [5.74, 6) is -0.260. The molecular weight excluding hydrogens is 324 g/mol. The van der Waals surface area contributed by atoms with Crippen molar-refractivity contribution in [2.45, 2.75) is 24.5 Å². The maximum Gasteiger partial charge on any atom is 0.332 e. The second-order valence-corrected chi connectivity index (χ2v) is 6.62. The van der Waals surface area contributed by atoms with Gasteiger partial charge >= 0.3 is 6.03 Å². The van der Waals surface area contributed by atoms with Crippen molar-refractivity contribution >= 4 is 34.1 Å². The minimum Gasteiger partial charge on any atom is -0.309 e. The van der Waals surface area contributed by atoms with E-state index in [1.807, 2.05) is 0 Å². The van der Waals surface area contributed by atoms with Crippen LogP contribution in [-0.4, -0.2) is 46.4 Å². The van der Waals surface area contributed by atoms with E-state index in [2.05, 4.69) is 5.32 Å². The highest BCUT2D eigenvalue weighted by atomic mass is 16.6. The summed E-state index contributed by atoms with van der Waals surface area (Å²) in [5.41, 5.74) is 0.366. The van der Waals surface area contributed by atoms with Crippen LogP contribution in [0, 0.1) is 10.1 Å². The molecule has 3 heterocycles. The summed E-state index contributed by atoms with van der Waals surface area (Å²) in [5, 5.41) is 15.5. The van der Waals surface area contributed by atoms with Crippen molar-refractivity contribution in [3.63, 3.8) is 0 Å². The number of benzene rings is 2. The number of anilines is 1. The fraction of sp³-hybridized carbons (Fsp3) is 0.294. The van der Waals surface area contributed by atoms with Crippen LogP contribution in [0.2, 0.25) is 0 Å². The first kappa shape index (κ1) is 14.4. The topological polar surface area (TPSA) is 95.8 Å². The van der Waals surface area contributed by atoms with Gasteiger partial charge in [-0.15, -0.1) is 0 Å². The Kier molecular flexibility index (Phi) is 2.73. The summed E-state index contributed by atoms with van der Waals surface area (Å²) in [6.07, 6.45) is 0.803. The number of non-ortho nitro benzene ring substituents is 1. The minimum absolute atomic E-state index is 0.00392. The number of nitrogens with one attached hydrogen (secondary N) is 1. The Balaban J connectivity index is 1.67. The molecule has 1 N–H and O–H groups in total. The molecule has 0 aromatic heterocycles. The molecule has 0 saturated carbocycles. The molecule has 2 aromatic carbocycles. The van der Waals surface area contributed by atoms with E-state index in [1.165, 1.54) is 17.0 Å². The number of piperazine rings is 1. The van der Waals surface area contributed by atoms with Crippen LogP contribution >= 0.6 is 0 Å². The van der Waals surface area contributed by atoms with Crippen molar-refractivity contribution in [3.05, 3.63) is 46.5 Å². The van der Waals surface area contributed by atoms with Gasteiger partial charge < -0.3 is 10.2 Å². The van der Waals surface area contributed by atoms with Gasteiger partial charge in [0.15, 0.2) is 0 Å². The number of carbonyl (C=O) groups is 2. The van der Waals surface area contributed by atoms with Crippen LogP contribution < -0.4 is 10.2 Å². The number of imide groups is 1. The smallest absolute Gasteiger partial charge is 0.309 e. The fourth-order valence-electron chi connectivity index (χ4n) is 4.37. The fourth-order valence-corrected chi connectivity index (χ4v) is 4.37. The van der Waals surface area contributed by atoms with Gasteiger partial charge in [0.25, 0.3) is 11.6 Å². The molecule has 126 valence electrons. The Bertz CT molecular complexity index is 931. The third-order valence-corrected chi connectivity index (χ3v) is 5.42. The first-order valence-electron chi connectivity index (χ1n) is 8.13. The molecule has 1 unspecified atom stereocenters. The highest BCUT2D eigenvalue weighted by Crippen LogP contribution is 2.41. The third kappa shape index (κ3) is 1.74. The molecule has 3 aliphatic heterocycles. The number of urea groups is 1. The lowest BCUT2D eigenvalue weighted by Gasteiger charge is -2.26. The van der Waals surface area contributed by atoms with E-state index < -0.39 is 11.0 Å². The number of rotatable bonds is 2. The minimum atomic E-state index is -0.472. The number of hydrogen-bond acceptors (Lipinski definition) is 5. The highest BCUT2D eigenvalue weighted by molar-refractivity contribution is 6.25. The van der Waals surface area contributed by atoms with Gasteiger partial charge in [-0.2, -0.15) is 0 Å². The van der Waals surface area contributed by atoms with Crippen LogP contribution in [0.15, 0.2) is 36.4 Å². The van der Waals surface area contributed by atoms with Crippen LogP contribution in [0.5, 0.6) is 0 Å². The first-order chi connectivity index (χ1) is 12.1. The molecule has 0 spiro atoms. The van der Waals surface area contributed by atoms with Crippen LogP contribution in [0.3, 0.4) is 0 Å². The number of nitrogens with zero attached hydrogens (tertiary/aromatic N) is 3. The van der Waals surface area contributed by atoms with Gasteiger partial charge in [-0.05, 0) is 18.6 Å². The Morgan fingerprint density at radius 2 is 1.88 bits per heavy atom. The van der Waals surface area contributed by atoms with E-state index >= 15 is 0 Å². The molecule has 3 atom stereocenters. The Morgan fingerprint density at radius 1 is 1.12 bits per heavy atom. The molecule has 8 nitrogen and oxygen atoms in total. The van der Waals surface area contributed by atoms with Gasteiger partial charge in [0.1, 0.15) is 6.04 Å². The van der Waals surface area contributed by atoms with Gasteiger partial charge in [0, 0.05) is 30.1 Å². The largest absolute Gasteiger partial charge is 0.332 e. The van der Waals surface area contributed by atoms with Crippen LogP contribution in [0.4, 0.5) is 16.2 Å². The summed E-state index contributed by atoms with van der Waals surface area (Å²) < 4.78 is 0. The molecule has 8 heteroatoms. The molecule has 0 radical (unpaired) electrons. The van der Waals surface area contributed by atoms with E-state index in [9.17, 15) is 19.7 Å². The zero-order valence-corrected chi connectivity index (χ0v) is 13.1. The molecule has 2 bridgehead atoms. The molecule has 0 aliphatic carbocycles. The second-order valence-electron chi connectivity index (χ2n) is 6.62. The number of carbonyl (C=O) groups excluding carboxylic acids is 2. The summed E-state index contributed by atoms with van der Waals surface area (Å²) >= 11 is 0. The average molecular weight is 338 g/mol. The van der Waals surface area contributed by atoms with E-state index in [0.717, 1.165) is 6.42 Å². The van der Waals surface area contributed by atoms with Crippen molar-refractivity contribution < 1.29 is 14.5 Å². The van der Waals surface area contributed by atoms with E-state index in [0.29, 0.717) is 23.0 Å². The SMILES string of the molecule is O=C1C2[C@@H]3C[C@@H](CN3)N2C(=O)N1c1ccc([N+](=O)[O-])c2ccccc12. The highest BCUT2D eigenvalue weighted by Gasteiger charge is 2.59. The maximum absolute atomic E-state index is 12.9. The quantitative estimate of drug-likeness (QED) is 0.510. The monoisotopic (exact) mass is 338 g/mol. The average Bonchev–Trinajstić information content (AvgIpc) is 3.28. The summed E-state index contributed by atoms with van der Waals surface area (Å²) in [6.45, 7) is 0.703. The predicted molar refractivity (Wildman–Crippen MR) is 89.3 cm³/mol.